The third-order valence-electron chi connectivity index (χ3n) is 4.01. The molecule has 2 nitrogen and oxygen atoms in total. The van der Waals surface area contributed by atoms with Gasteiger partial charge in [-0.1, -0.05) is 29.8 Å². The lowest BCUT2D eigenvalue weighted by atomic mass is 10.1. The molecule has 2 aromatic rings. The van der Waals surface area contributed by atoms with Crippen LogP contribution in [0.15, 0.2) is 29.8 Å². The van der Waals surface area contributed by atoms with Crippen LogP contribution in [0.5, 0.6) is 0 Å². The molecule has 106 valence electrons. The first kappa shape index (κ1) is 14.0. The molecule has 0 aliphatic heterocycles. The average molecular weight is 294 g/mol. The third kappa shape index (κ3) is 2.77. The van der Waals surface area contributed by atoms with Crippen LogP contribution in [-0.2, 0) is 0 Å². The summed E-state index contributed by atoms with van der Waals surface area (Å²) in [4.78, 5) is 5.94. The van der Waals surface area contributed by atoms with Crippen molar-refractivity contribution in [1.82, 2.24) is 4.98 Å². The summed E-state index contributed by atoms with van der Waals surface area (Å²) in [6.07, 6.45) is 4.52. The smallest absolute Gasteiger partial charge is 0.134 e. The highest BCUT2D eigenvalue weighted by Crippen LogP contribution is 2.36. The lowest BCUT2D eigenvalue weighted by Crippen LogP contribution is -1.87. The number of aromatic nitrogens is 1. The molecule has 0 saturated heterocycles. The second-order valence-corrected chi connectivity index (χ2v) is 6.79. The Labute approximate surface area is 129 Å². The van der Waals surface area contributed by atoms with Crippen LogP contribution in [0.4, 0.5) is 0 Å². The van der Waals surface area contributed by atoms with E-state index in [2.05, 4.69) is 44.2 Å². The van der Waals surface area contributed by atoms with Crippen LogP contribution >= 0.6 is 11.3 Å². The highest BCUT2D eigenvalue weighted by atomic mass is 32.1. The number of allylic oxidation sites excluding steroid dienone is 2. The number of thiazole rings is 1. The molecule has 0 amide bonds. The SMILES string of the molecule is Cc1ccc(-c2nc(C(C#N)=C3CCCC3)sc2C)cc1. The van der Waals surface area contributed by atoms with Gasteiger partial charge in [0.2, 0.25) is 0 Å². The van der Waals surface area contributed by atoms with Gasteiger partial charge in [0.1, 0.15) is 11.1 Å². The van der Waals surface area contributed by atoms with Crippen LogP contribution in [0.3, 0.4) is 0 Å². The maximum absolute atomic E-state index is 9.51. The molecule has 1 aliphatic rings. The molecule has 1 aliphatic carbocycles. The Balaban J connectivity index is 2.03. The van der Waals surface area contributed by atoms with E-state index < -0.39 is 0 Å². The zero-order valence-corrected chi connectivity index (χ0v) is 13.3. The predicted molar refractivity (Wildman–Crippen MR) is 88.0 cm³/mol. The minimum atomic E-state index is 0.818. The van der Waals surface area contributed by atoms with Crippen molar-refractivity contribution in [3.8, 4) is 17.3 Å². The minimum absolute atomic E-state index is 0.818. The van der Waals surface area contributed by atoms with Gasteiger partial charge in [-0.25, -0.2) is 4.98 Å². The molecule has 1 saturated carbocycles. The minimum Gasteiger partial charge on any atom is -0.235 e. The van der Waals surface area contributed by atoms with E-state index >= 15 is 0 Å². The van der Waals surface area contributed by atoms with Crippen molar-refractivity contribution in [2.24, 2.45) is 0 Å². The van der Waals surface area contributed by atoms with Crippen LogP contribution < -0.4 is 0 Å². The lowest BCUT2D eigenvalue weighted by molar-refractivity contribution is 0.886. The maximum Gasteiger partial charge on any atom is 0.134 e. The molecule has 0 unspecified atom stereocenters. The van der Waals surface area contributed by atoms with Crippen molar-refractivity contribution in [2.75, 3.05) is 0 Å². The fourth-order valence-electron chi connectivity index (χ4n) is 2.81. The van der Waals surface area contributed by atoms with Gasteiger partial charge in [-0.15, -0.1) is 11.3 Å². The summed E-state index contributed by atoms with van der Waals surface area (Å²) >= 11 is 1.64. The summed E-state index contributed by atoms with van der Waals surface area (Å²) in [5.41, 5.74) is 5.51. The summed E-state index contributed by atoms with van der Waals surface area (Å²) in [6, 6.07) is 10.8. The molecule has 1 heterocycles. The van der Waals surface area contributed by atoms with E-state index in [1.165, 1.54) is 28.9 Å². The molecule has 0 N–H and O–H groups in total. The fraction of sp³-hybridized carbons (Fsp3) is 0.333. The average Bonchev–Trinajstić information content (AvgIpc) is 3.11. The van der Waals surface area contributed by atoms with Gasteiger partial charge in [-0.2, -0.15) is 5.26 Å². The third-order valence-corrected chi connectivity index (χ3v) is 5.00. The molecular weight excluding hydrogens is 276 g/mol. The number of hydrogen-bond acceptors (Lipinski definition) is 3. The molecule has 0 bridgehead atoms. The van der Waals surface area contributed by atoms with E-state index in [0.717, 1.165) is 34.7 Å². The van der Waals surface area contributed by atoms with Gasteiger partial charge in [-0.05, 0) is 45.1 Å². The fourth-order valence-corrected chi connectivity index (χ4v) is 3.79. The molecule has 1 aromatic carbocycles. The molecule has 3 rings (SSSR count). The Morgan fingerprint density at radius 1 is 1.14 bits per heavy atom. The van der Waals surface area contributed by atoms with Crippen LogP contribution in [0, 0.1) is 25.2 Å². The Bertz CT molecular complexity index is 722. The van der Waals surface area contributed by atoms with E-state index in [1.807, 2.05) is 0 Å². The second kappa shape index (κ2) is 5.83. The highest BCUT2D eigenvalue weighted by Gasteiger charge is 2.18. The van der Waals surface area contributed by atoms with Gasteiger partial charge in [-0.3, -0.25) is 0 Å². The standard InChI is InChI=1S/C18H18N2S/c1-12-7-9-15(10-8-12)17-13(2)21-18(20-17)16(11-19)14-5-3-4-6-14/h7-10H,3-6H2,1-2H3. The van der Waals surface area contributed by atoms with Crippen LogP contribution in [0.25, 0.3) is 16.8 Å². The Kier molecular flexibility index (Phi) is 3.90. The molecule has 3 heteroatoms. The van der Waals surface area contributed by atoms with Gasteiger partial charge < -0.3 is 0 Å². The number of nitrogens with zero attached hydrogens (tertiary/aromatic N) is 2. The quantitative estimate of drug-likeness (QED) is 0.707. The first-order valence-electron chi connectivity index (χ1n) is 7.36. The zero-order valence-electron chi connectivity index (χ0n) is 12.4. The first-order valence-corrected chi connectivity index (χ1v) is 8.17. The van der Waals surface area contributed by atoms with E-state index in [-0.39, 0.29) is 0 Å². The normalized spacial score (nSPS) is 14.2. The zero-order chi connectivity index (χ0) is 14.8. The van der Waals surface area contributed by atoms with Gasteiger partial charge in [0.05, 0.1) is 11.3 Å². The van der Waals surface area contributed by atoms with Crippen LogP contribution in [-0.4, -0.2) is 4.98 Å². The van der Waals surface area contributed by atoms with Gasteiger partial charge in [0.15, 0.2) is 0 Å². The first-order chi connectivity index (χ1) is 10.2. The summed E-state index contributed by atoms with van der Waals surface area (Å²) in [5, 5.41) is 10.4. The number of aryl methyl sites for hydroxylation is 2. The van der Waals surface area contributed by atoms with Crippen LogP contribution in [0.2, 0.25) is 0 Å². The van der Waals surface area contributed by atoms with E-state index in [0.29, 0.717) is 0 Å². The van der Waals surface area contributed by atoms with E-state index in [1.54, 1.807) is 11.3 Å². The van der Waals surface area contributed by atoms with Crippen LogP contribution in [0.1, 0.15) is 41.1 Å². The number of nitriles is 1. The lowest BCUT2D eigenvalue weighted by Gasteiger charge is -2.00. The van der Waals surface area contributed by atoms with E-state index in [9.17, 15) is 5.26 Å². The van der Waals surface area contributed by atoms with Gasteiger partial charge >= 0.3 is 0 Å². The molecule has 21 heavy (non-hydrogen) atoms. The largest absolute Gasteiger partial charge is 0.235 e. The number of rotatable bonds is 2. The van der Waals surface area contributed by atoms with Crippen molar-refractivity contribution in [3.63, 3.8) is 0 Å². The molecule has 0 spiro atoms. The molecule has 0 radical (unpaired) electrons. The van der Waals surface area contributed by atoms with Gasteiger partial charge in [0.25, 0.3) is 0 Å². The monoisotopic (exact) mass is 294 g/mol. The van der Waals surface area contributed by atoms with Crippen molar-refractivity contribution in [2.45, 2.75) is 39.5 Å². The Hall–Kier alpha value is -1.92. The van der Waals surface area contributed by atoms with Crippen molar-refractivity contribution in [3.05, 3.63) is 45.3 Å². The number of benzene rings is 1. The maximum atomic E-state index is 9.51. The number of hydrogen-bond donors (Lipinski definition) is 0. The van der Waals surface area contributed by atoms with Crippen molar-refractivity contribution in [1.29, 1.82) is 5.26 Å². The molecular formula is C18H18N2S. The van der Waals surface area contributed by atoms with E-state index in [4.69, 9.17) is 4.98 Å². The topological polar surface area (TPSA) is 36.7 Å². The summed E-state index contributed by atoms with van der Waals surface area (Å²) in [6.45, 7) is 4.17. The molecule has 0 atom stereocenters. The molecule has 1 aromatic heterocycles. The summed E-state index contributed by atoms with van der Waals surface area (Å²) in [5.74, 6) is 0. The Morgan fingerprint density at radius 3 is 2.43 bits per heavy atom. The summed E-state index contributed by atoms with van der Waals surface area (Å²) < 4.78 is 0. The second-order valence-electron chi connectivity index (χ2n) is 5.59. The highest BCUT2D eigenvalue weighted by molar-refractivity contribution is 7.13. The predicted octanol–water partition coefficient (Wildman–Crippen LogP) is 5.28. The molecule has 1 fully saturated rings. The van der Waals surface area contributed by atoms with Crippen molar-refractivity contribution >= 4 is 16.9 Å². The summed E-state index contributed by atoms with van der Waals surface area (Å²) in [7, 11) is 0. The van der Waals surface area contributed by atoms with Crippen molar-refractivity contribution < 1.29 is 0 Å². The van der Waals surface area contributed by atoms with Gasteiger partial charge in [0, 0.05) is 10.4 Å². The Morgan fingerprint density at radius 2 is 1.81 bits per heavy atom.